The lowest BCUT2D eigenvalue weighted by Gasteiger charge is -2.48. The Balaban J connectivity index is 1.46. The van der Waals surface area contributed by atoms with E-state index in [-0.39, 0.29) is 30.5 Å². The Bertz CT molecular complexity index is 635. The monoisotopic (exact) mass is 378 g/mol. The normalized spacial score (nSPS) is 31.0. The van der Waals surface area contributed by atoms with Gasteiger partial charge in [-0.3, -0.25) is 9.59 Å². The van der Waals surface area contributed by atoms with Crippen molar-refractivity contribution < 1.29 is 23.9 Å². The Hall–Kier alpha value is -2.13. The highest BCUT2D eigenvalue weighted by Crippen LogP contribution is 2.31. The first kappa shape index (κ1) is 18.2. The van der Waals surface area contributed by atoms with Crippen molar-refractivity contribution >= 4 is 17.8 Å². The predicted octanol–water partition coefficient (Wildman–Crippen LogP) is -0.863. The van der Waals surface area contributed by atoms with Crippen molar-refractivity contribution in [1.29, 1.82) is 0 Å². The van der Waals surface area contributed by atoms with Crippen molar-refractivity contribution in [3.05, 3.63) is 12.7 Å². The van der Waals surface area contributed by atoms with Crippen LogP contribution < -0.4 is 0 Å². The molecule has 0 spiro atoms. The minimum atomic E-state index is -0.592. The Morgan fingerprint density at radius 3 is 2.59 bits per heavy atom. The summed E-state index contributed by atoms with van der Waals surface area (Å²) in [4.78, 5) is 45.6. The molecular formula is C18H26N4O5. The second-order valence-electron chi connectivity index (χ2n) is 7.30. The highest BCUT2D eigenvalue weighted by Gasteiger charge is 2.54. The summed E-state index contributed by atoms with van der Waals surface area (Å²) in [5.74, 6) is -0.145. The molecule has 3 atom stereocenters. The zero-order chi connectivity index (χ0) is 19.0. The van der Waals surface area contributed by atoms with Crippen LogP contribution in [-0.2, 0) is 19.1 Å². The summed E-state index contributed by atoms with van der Waals surface area (Å²) >= 11 is 0. The average molecular weight is 378 g/mol. The molecule has 9 nitrogen and oxygen atoms in total. The number of nitrogens with zero attached hydrogens (tertiary/aromatic N) is 4. The average Bonchev–Trinajstić information content (AvgIpc) is 3.14. The molecule has 4 rings (SSSR count). The number of carbonyl (C=O) groups excluding carboxylic acids is 3. The lowest BCUT2D eigenvalue weighted by atomic mass is 10.0. The van der Waals surface area contributed by atoms with Gasteiger partial charge in [0.15, 0.2) is 0 Å². The van der Waals surface area contributed by atoms with Crippen molar-refractivity contribution in [2.24, 2.45) is 0 Å². The van der Waals surface area contributed by atoms with E-state index < -0.39 is 12.1 Å². The number of hydrogen-bond donors (Lipinski definition) is 0. The zero-order valence-corrected chi connectivity index (χ0v) is 15.4. The number of urea groups is 1. The smallest absolute Gasteiger partial charge is 0.320 e. The third kappa shape index (κ3) is 3.19. The number of fused-ring (bicyclic) bond motifs is 2. The molecule has 4 aliphatic heterocycles. The van der Waals surface area contributed by atoms with Gasteiger partial charge in [-0.15, -0.1) is 6.58 Å². The highest BCUT2D eigenvalue weighted by molar-refractivity contribution is 5.98. The molecule has 0 N–H and O–H groups in total. The number of ether oxygens (including phenoxy) is 2. The summed E-state index contributed by atoms with van der Waals surface area (Å²) < 4.78 is 11.0. The number of carbonyl (C=O) groups is 3. The molecule has 4 fully saturated rings. The Labute approximate surface area is 158 Å². The fourth-order valence-corrected chi connectivity index (χ4v) is 4.42. The fraction of sp³-hybridized carbons (Fsp3) is 0.722. The van der Waals surface area contributed by atoms with Crippen molar-refractivity contribution in [3.63, 3.8) is 0 Å². The molecule has 0 aliphatic carbocycles. The van der Waals surface area contributed by atoms with Crippen molar-refractivity contribution in [2.75, 3.05) is 59.1 Å². The summed E-state index contributed by atoms with van der Waals surface area (Å²) in [5.41, 5.74) is 0. The van der Waals surface area contributed by atoms with Gasteiger partial charge in [-0.05, 0) is 6.42 Å². The third-order valence-electron chi connectivity index (χ3n) is 5.81. The molecule has 0 aromatic carbocycles. The maximum Gasteiger partial charge on any atom is 0.320 e. The van der Waals surface area contributed by atoms with E-state index in [0.29, 0.717) is 59.0 Å². The quantitative estimate of drug-likeness (QED) is 0.597. The van der Waals surface area contributed by atoms with Gasteiger partial charge in [-0.1, -0.05) is 6.08 Å². The third-order valence-corrected chi connectivity index (χ3v) is 5.81. The van der Waals surface area contributed by atoms with Gasteiger partial charge in [-0.2, -0.15) is 0 Å². The summed E-state index contributed by atoms with van der Waals surface area (Å²) in [7, 11) is 0. The van der Waals surface area contributed by atoms with Gasteiger partial charge in [-0.25, -0.2) is 4.79 Å². The van der Waals surface area contributed by atoms with E-state index in [1.165, 1.54) is 0 Å². The summed E-state index contributed by atoms with van der Waals surface area (Å²) in [6.45, 7) is 7.78. The van der Waals surface area contributed by atoms with Gasteiger partial charge < -0.3 is 29.1 Å². The molecule has 4 aliphatic rings. The lowest BCUT2D eigenvalue weighted by Crippen LogP contribution is -2.71. The van der Waals surface area contributed by atoms with Crippen LogP contribution in [0.15, 0.2) is 12.7 Å². The van der Waals surface area contributed by atoms with E-state index in [4.69, 9.17) is 9.47 Å². The molecule has 0 unspecified atom stereocenters. The first-order chi connectivity index (χ1) is 13.1. The second-order valence-corrected chi connectivity index (χ2v) is 7.30. The molecule has 4 saturated heterocycles. The van der Waals surface area contributed by atoms with Crippen LogP contribution in [0.1, 0.15) is 6.42 Å². The maximum atomic E-state index is 13.0. The van der Waals surface area contributed by atoms with E-state index >= 15 is 0 Å². The largest absolute Gasteiger partial charge is 0.378 e. The van der Waals surface area contributed by atoms with Gasteiger partial charge in [0.25, 0.3) is 0 Å². The van der Waals surface area contributed by atoms with Crippen molar-refractivity contribution in [3.8, 4) is 0 Å². The Morgan fingerprint density at radius 2 is 1.85 bits per heavy atom. The molecule has 27 heavy (non-hydrogen) atoms. The van der Waals surface area contributed by atoms with E-state index in [1.54, 1.807) is 25.7 Å². The molecular weight excluding hydrogens is 352 g/mol. The van der Waals surface area contributed by atoms with Gasteiger partial charge in [0.2, 0.25) is 11.8 Å². The maximum absolute atomic E-state index is 13.0. The van der Waals surface area contributed by atoms with E-state index in [9.17, 15) is 14.4 Å². The molecule has 0 radical (unpaired) electrons. The van der Waals surface area contributed by atoms with Crippen LogP contribution in [0, 0.1) is 0 Å². The molecule has 9 heteroatoms. The molecule has 148 valence electrons. The topological polar surface area (TPSA) is 82.6 Å². The second kappa shape index (κ2) is 7.47. The van der Waals surface area contributed by atoms with E-state index in [0.717, 1.165) is 0 Å². The number of rotatable bonds is 3. The fourth-order valence-electron chi connectivity index (χ4n) is 4.42. The predicted molar refractivity (Wildman–Crippen MR) is 94.9 cm³/mol. The molecule has 0 aromatic rings. The van der Waals surface area contributed by atoms with Gasteiger partial charge in [0.1, 0.15) is 12.1 Å². The lowest BCUT2D eigenvalue weighted by molar-refractivity contribution is -0.166. The molecule has 4 heterocycles. The highest BCUT2D eigenvalue weighted by atomic mass is 16.5. The van der Waals surface area contributed by atoms with Crippen LogP contribution in [0.3, 0.4) is 0 Å². The van der Waals surface area contributed by atoms with E-state index in [2.05, 4.69) is 6.58 Å². The van der Waals surface area contributed by atoms with E-state index in [1.807, 2.05) is 0 Å². The number of morpholine rings is 1. The van der Waals surface area contributed by atoms with Crippen LogP contribution in [0.4, 0.5) is 4.79 Å². The van der Waals surface area contributed by atoms with Crippen molar-refractivity contribution in [2.45, 2.75) is 24.6 Å². The summed E-state index contributed by atoms with van der Waals surface area (Å²) in [6, 6.07) is -1.21. The van der Waals surface area contributed by atoms with Crippen LogP contribution in [-0.4, -0.2) is 115 Å². The van der Waals surface area contributed by atoms with Crippen molar-refractivity contribution in [1.82, 2.24) is 19.6 Å². The van der Waals surface area contributed by atoms with Crippen LogP contribution in [0.5, 0.6) is 0 Å². The number of hydrogen-bond acceptors (Lipinski definition) is 5. The SMILES string of the molecule is C=CCO[C@@H]1CCN2C(=O)[C@H]3CN(C(=O)N4CCOCC4)CCN3C(=O)[C@H]12. The molecule has 0 saturated carbocycles. The standard InChI is InChI=1S/C18H26N4O5/c1-2-9-27-14-3-4-22-15(14)17(24)21-6-5-20(12-13(21)16(22)23)18(25)19-7-10-26-11-8-19/h2,13-15H,1,3-12H2/t13-,14-,15+/m1/s1. The summed E-state index contributed by atoms with van der Waals surface area (Å²) in [6.07, 6.45) is 2.01. The number of amides is 4. The molecule has 0 bridgehead atoms. The van der Waals surface area contributed by atoms with Crippen LogP contribution in [0.25, 0.3) is 0 Å². The van der Waals surface area contributed by atoms with Gasteiger partial charge >= 0.3 is 6.03 Å². The van der Waals surface area contributed by atoms with Gasteiger partial charge in [0.05, 0.1) is 32.5 Å². The molecule has 4 amide bonds. The Kier molecular flexibility index (Phi) is 5.05. The minimum Gasteiger partial charge on any atom is -0.378 e. The minimum absolute atomic E-state index is 0.0652. The zero-order valence-electron chi connectivity index (χ0n) is 15.4. The van der Waals surface area contributed by atoms with Crippen LogP contribution >= 0.6 is 0 Å². The van der Waals surface area contributed by atoms with Crippen LogP contribution in [0.2, 0.25) is 0 Å². The number of piperazine rings is 2. The molecule has 0 aromatic heterocycles. The first-order valence-corrected chi connectivity index (χ1v) is 9.57. The summed E-state index contributed by atoms with van der Waals surface area (Å²) in [5, 5.41) is 0. The van der Waals surface area contributed by atoms with Gasteiger partial charge in [0, 0.05) is 32.7 Å². The first-order valence-electron chi connectivity index (χ1n) is 9.57. The Morgan fingerprint density at radius 1 is 1.07 bits per heavy atom.